The Kier molecular flexibility index (Phi) is 6.80. The number of quaternary nitrogens is 3. The summed E-state index contributed by atoms with van der Waals surface area (Å²) in [7, 11) is 0. The van der Waals surface area contributed by atoms with Crippen LogP contribution >= 0.6 is 0 Å². The molecule has 2 atom stereocenters. The van der Waals surface area contributed by atoms with Crippen LogP contribution in [0, 0.1) is 5.41 Å². The standard InChI is InChI=1S/C18H33N3O3/c1-4-7-21(11-10-20-8-5-19-6-9-20)17(24)16-14(22)12-18(2,3)13-15(16)23/h17,19,22,24H,4-13H2,1-3H3/p+3/t17-/m1/s1. The number of aliphatic hydroxyl groups excluding tert-OH is 2. The Labute approximate surface area is 145 Å². The normalized spacial score (nSPS) is 24.9. The van der Waals surface area contributed by atoms with Crippen molar-refractivity contribution in [3.05, 3.63) is 11.3 Å². The highest BCUT2D eigenvalue weighted by atomic mass is 16.3. The molecule has 1 fully saturated rings. The number of aliphatic hydroxyl groups is 2. The molecule has 0 aromatic carbocycles. The summed E-state index contributed by atoms with van der Waals surface area (Å²) in [5.74, 6) is 0.00189. The van der Waals surface area contributed by atoms with Gasteiger partial charge in [-0.15, -0.1) is 0 Å². The molecule has 0 amide bonds. The molecule has 1 aliphatic heterocycles. The minimum Gasteiger partial charge on any atom is -0.512 e. The first-order chi connectivity index (χ1) is 11.3. The molecule has 2 rings (SSSR count). The van der Waals surface area contributed by atoms with Crippen molar-refractivity contribution >= 4 is 5.78 Å². The Bertz CT molecular complexity index is 470. The first kappa shape index (κ1) is 19.4. The summed E-state index contributed by atoms with van der Waals surface area (Å²) in [5, 5.41) is 23.5. The smallest absolute Gasteiger partial charge is 0.223 e. The van der Waals surface area contributed by atoms with Crippen molar-refractivity contribution in [3.8, 4) is 0 Å². The summed E-state index contributed by atoms with van der Waals surface area (Å²) in [6.07, 6.45) is 0.918. The molecule has 6 nitrogen and oxygen atoms in total. The van der Waals surface area contributed by atoms with Crippen molar-refractivity contribution in [3.63, 3.8) is 0 Å². The van der Waals surface area contributed by atoms with E-state index in [4.69, 9.17) is 0 Å². The van der Waals surface area contributed by atoms with Gasteiger partial charge in [-0.05, 0) is 11.8 Å². The fraction of sp³-hybridized carbons (Fsp3) is 0.833. The third-order valence-electron chi connectivity index (χ3n) is 5.33. The van der Waals surface area contributed by atoms with Crippen molar-refractivity contribution in [2.24, 2.45) is 5.41 Å². The molecule has 0 saturated carbocycles. The molecule has 138 valence electrons. The van der Waals surface area contributed by atoms with Gasteiger partial charge in [0.2, 0.25) is 6.23 Å². The summed E-state index contributed by atoms with van der Waals surface area (Å²) in [6, 6.07) is 0. The van der Waals surface area contributed by atoms with Gasteiger partial charge in [0.1, 0.15) is 50.6 Å². The summed E-state index contributed by atoms with van der Waals surface area (Å²) in [6.45, 7) is 13.4. The largest absolute Gasteiger partial charge is 0.512 e. The van der Waals surface area contributed by atoms with E-state index >= 15 is 0 Å². The van der Waals surface area contributed by atoms with Gasteiger partial charge >= 0.3 is 0 Å². The highest BCUT2D eigenvalue weighted by molar-refractivity contribution is 5.97. The average molecular weight is 343 g/mol. The number of allylic oxidation sites excluding steroid dienone is 1. The van der Waals surface area contributed by atoms with Crippen LogP contribution in [0.4, 0.5) is 0 Å². The lowest BCUT2D eigenvalue weighted by Gasteiger charge is -2.33. The molecular weight excluding hydrogens is 306 g/mol. The molecule has 1 aliphatic carbocycles. The van der Waals surface area contributed by atoms with Gasteiger partial charge in [0.25, 0.3) is 0 Å². The van der Waals surface area contributed by atoms with Gasteiger partial charge in [0.15, 0.2) is 5.78 Å². The maximum absolute atomic E-state index is 12.5. The number of piperazine rings is 1. The van der Waals surface area contributed by atoms with Crippen LogP contribution in [-0.2, 0) is 4.79 Å². The number of ketones is 1. The Morgan fingerprint density at radius 1 is 1.25 bits per heavy atom. The number of nitrogens with one attached hydrogen (secondary N) is 2. The number of carbonyl (C=O) groups excluding carboxylic acids is 1. The molecule has 0 aromatic heterocycles. The Morgan fingerprint density at radius 2 is 1.92 bits per heavy atom. The molecule has 24 heavy (non-hydrogen) atoms. The average Bonchev–Trinajstić information content (AvgIpc) is 2.50. The van der Waals surface area contributed by atoms with Gasteiger partial charge in [-0.25, -0.2) is 0 Å². The second-order valence-electron chi connectivity index (χ2n) is 8.23. The minimum atomic E-state index is -0.899. The summed E-state index contributed by atoms with van der Waals surface area (Å²) >= 11 is 0. The number of nitrogens with two attached hydrogens (primary N) is 1. The van der Waals surface area contributed by atoms with Gasteiger partial charge in [0, 0.05) is 12.8 Å². The lowest BCUT2D eigenvalue weighted by atomic mass is 9.76. The van der Waals surface area contributed by atoms with Gasteiger partial charge in [-0.2, -0.15) is 0 Å². The van der Waals surface area contributed by atoms with Crippen LogP contribution in [0.25, 0.3) is 0 Å². The SMILES string of the molecule is CCC[NH+](CC[NH+]1CC[NH2+]CC1)[C@H](O)C1=C(O)CC(C)(C)CC1=O. The van der Waals surface area contributed by atoms with E-state index in [1.165, 1.54) is 13.1 Å². The van der Waals surface area contributed by atoms with Gasteiger partial charge in [0.05, 0.1) is 6.54 Å². The van der Waals surface area contributed by atoms with E-state index in [0.717, 1.165) is 44.0 Å². The van der Waals surface area contributed by atoms with Crippen LogP contribution < -0.4 is 15.1 Å². The molecule has 0 radical (unpaired) electrons. The zero-order chi connectivity index (χ0) is 17.7. The lowest BCUT2D eigenvalue weighted by Crippen LogP contribution is -3.25. The van der Waals surface area contributed by atoms with Crippen LogP contribution in [0.5, 0.6) is 0 Å². The molecule has 1 saturated heterocycles. The fourth-order valence-corrected chi connectivity index (χ4v) is 4.00. The second kappa shape index (κ2) is 8.43. The van der Waals surface area contributed by atoms with Crippen molar-refractivity contribution in [2.45, 2.75) is 46.3 Å². The van der Waals surface area contributed by atoms with Crippen LogP contribution in [0.1, 0.15) is 40.0 Å². The minimum absolute atomic E-state index is 0.0928. The van der Waals surface area contributed by atoms with Crippen LogP contribution in [0.3, 0.4) is 0 Å². The zero-order valence-electron chi connectivity index (χ0n) is 15.5. The molecule has 0 spiro atoms. The van der Waals surface area contributed by atoms with E-state index in [1.54, 1.807) is 4.90 Å². The Balaban J connectivity index is 2.04. The van der Waals surface area contributed by atoms with Crippen molar-refractivity contribution < 1.29 is 30.1 Å². The number of hydrogen-bond acceptors (Lipinski definition) is 3. The predicted octanol–water partition coefficient (Wildman–Crippen LogP) is -2.74. The van der Waals surface area contributed by atoms with E-state index in [1.807, 2.05) is 13.8 Å². The monoisotopic (exact) mass is 342 g/mol. The molecule has 6 heteroatoms. The maximum atomic E-state index is 12.5. The predicted molar refractivity (Wildman–Crippen MR) is 91.9 cm³/mol. The molecule has 1 heterocycles. The third kappa shape index (κ3) is 5.02. The Hall–Kier alpha value is -0.950. The van der Waals surface area contributed by atoms with E-state index < -0.39 is 6.23 Å². The van der Waals surface area contributed by atoms with Crippen molar-refractivity contribution in [2.75, 3.05) is 45.8 Å². The number of carbonyl (C=O) groups is 1. The van der Waals surface area contributed by atoms with Crippen LogP contribution in [0.2, 0.25) is 0 Å². The third-order valence-corrected chi connectivity index (χ3v) is 5.33. The summed E-state index contributed by atoms with van der Waals surface area (Å²) in [4.78, 5) is 15.1. The zero-order valence-corrected chi connectivity index (χ0v) is 15.5. The Morgan fingerprint density at radius 3 is 2.50 bits per heavy atom. The van der Waals surface area contributed by atoms with Gasteiger partial charge < -0.3 is 25.3 Å². The highest BCUT2D eigenvalue weighted by Crippen LogP contribution is 2.36. The van der Waals surface area contributed by atoms with Crippen molar-refractivity contribution in [1.82, 2.24) is 0 Å². The van der Waals surface area contributed by atoms with E-state index in [-0.39, 0.29) is 22.5 Å². The fourth-order valence-electron chi connectivity index (χ4n) is 4.00. The first-order valence-electron chi connectivity index (χ1n) is 9.47. The maximum Gasteiger partial charge on any atom is 0.223 e. The second-order valence-corrected chi connectivity index (χ2v) is 8.23. The van der Waals surface area contributed by atoms with Gasteiger partial charge in [-0.1, -0.05) is 20.8 Å². The van der Waals surface area contributed by atoms with E-state index in [0.29, 0.717) is 12.8 Å². The number of hydrogen-bond donors (Lipinski definition) is 5. The molecular formula is C18H36N3O3+3. The molecule has 6 N–H and O–H groups in total. The summed E-state index contributed by atoms with van der Waals surface area (Å²) < 4.78 is 0. The molecule has 1 unspecified atom stereocenters. The highest BCUT2D eigenvalue weighted by Gasteiger charge is 2.39. The van der Waals surface area contributed by atoms with Crippen LogP contribution in [0.15, 0.2) is 11.3 Å². The van der Waals surface area contributed by atoms with Crippen molar-refractivity contribution in [1.29, 1.82) is 0 Å². The van der Waals surface area contributed by atoms with Crippen LogP contribution in [-0.4, -0.2) is 68.0 Å². The lowest BCUT2D eigenvalue weighted by molar-refractivity contribution is -0.994. The van der Waals surface area contributed by atoms with E-state index in [2.05, 4.69) is 12.2 Å². The molecule has 0 aromatic rings. The molecule has 2 aliphatic rings. The number of rotatable bonds is 7. The van der Waals surface area contributed by atoms with Gasteiger partial charge in [-0.3, -0.25) is 4.79 Å². The quantitative estimate of drug-likeness (QED) is 0.326. The first-order valence-corrected chi connectivity index (χ1v) is 9.47. The van der Waals surface area contributed by atoms with E-state index in [9.17, 15) is 15.0 Å². The topological polar surface area (TPSA) is 83.0 Å². The number of Topliss-reactive ketones (excluding diaryl/α,β-unsaturated/α-hetero) is 1. The summed E-state index contributed by atoms with van der Waals surface area (Å²) in [5.41, 5.74) is 0.0452. The molecule has 0 bridgehead atoms.